The minimum absolute atomic E-state index is 0.0208. The van der Waals surface area contributed by atoms with E-state index in [-0.39, 0.29) is 29.8 Å². The smallest absolute Gasteiger partial charge is 0.272 e. The third kappa shape index (κ3) is 4.03. The predicted octanol–water partition coefficient (Wildman–Crippen LogP) is 2.02. The van der Waals surface area contributed by atoms with Gasteiger partial charge in [0.25, 0.3) is 11.5 Å². The number of carbonyl (C=O) groups excluding carboxylic acids is 2. The molecule has 1 aliphatic carbocycles. The van der Waals surface area contributed by atoms with Gasteiger partial charge in [0.05, 0.1) is 17.5 Å². The van der Waals surface area contributed by atoms with Gasteiger partial charge in [-0.1, -0.05) is 30.3 Å². The molecule has 2 N–H and O–H groups in total. The fraction of sp³-hybridized carbons (Fsp3) is 0.273. The molecule has 7 heteroatoms. The van der Waals surface area contributed by atoms with Crippen LogP contribution in [-0.2, 0) is 17.8 Å². The van der Waals surface area contributed by atoms with E-state index in [2.05, 4.69) is 15.5 Å². The largest absolute Gasteiger partial charge is 0.355 e. The SMILES string of the molecule is CNC(=O)c1ccc(CN(C(=O)Cc2n[nH]c(=O)c3ccccc23)C2CC2)cc1. The number of carbonyl (C=O) groups is 2. The zero-order valence-electron chi connectivity index (χ0n) is 16.1. The molecule has 0 atom stereocenters. The average molecular weight is 390 g/mol. The second kappa shape index (κ2) is 7.87. The van der Waals surface area contributed by atoms with Crippen LogP contribution in [0.4, 0.5) is 0 Å². The van der Waals surface area contributed by atoms with Crippen molar-refractivity contribution in [1.29, 1.82) is 0 Å². The summed E-state index contributed by atoms with van der Waals surface area (Å²) in [4.78, 5) is 38.6. The van der Waals surface area contributed by atoms with Gasteiger partial charge in [0.15, 0.2) is 0 Å². The Labute approximate surface area is 167 Å². The molecule has 29 heavy (non-hydrogen) atoms. The van der Waals surface area contributed by atoms with E-state index < -0.39 is 0 Å². The molecule has 1 fully saturated rings. The zero-order valence-corrected chi connectivity index (χ0v) is 16.1. The number of hydrogen-bond donors (Lipinski definition) is 2. The number of H-pyrrole nitrogens is 1. The van der Waals surface area contributed by atoms with E-state index in [4.69, 9.17) is 0 Å². The Kier molecular flexibility index (Phi) is 5.12. The van der Waals surface area contributed by atoms with Crippen LogP contribution in [0.15, 0.2) is 53.3 Å². The first-order valence-electron chi connectivity index (χ1n) is 9.63. The number of benzene rings is 2. The van der Waals surface area contributed by atoms with E-state index in [1.54, 1.807) is 31.3 Å². The summed E-state index contributed by atoms with van der Waals surface area (Å²) in [5, 5.41) is 10.5. The van der Waals surface area contributed by atoms with Crippen LogP contribution in [0.1, 0.15) is 34.5 Å². The summed E-state index contributed by atoms with van der Waals surface area (Å²) >= 11 is 0. The van der Waals surface area contributed by atoms with E-state index in [1.807, 2.05) is 29.2 Å². The summed E-state index contributed by atoms with van der Waals surface area (Å²) in [7, 11) is 1.60. The summed E-state index contributed by atoms with van der Waals surface area (Å²) < 4.78 is 0. The molecule has 0 saturated heterocycles. The lowest BCUT2D eigenvalue weighted by molar-refractivity contribution is -0.131. The summed E-state index contributed by atoms with van der Waals surface area (Å²) in [5.74, 6) is -0.157. The standard InChI is InChI=1S/C22H22N4O3/c1-23-21(28)15-8-6-14(7-9-15)13-26(16-10-11-16)20(27)12-19-17-4-2-3-5-18(17)22(29)25-24-19/h2-9,16H,10-13H2,1H3,(H,23,28)(H,25,29). The molecule has 4 rings (SSSR count). The van der Waals surface area contributed by atoms with Crippen LogP contribution in [0.25, 0.3) is 10.8 Å². The molecule has 1 heterocycles. The van der Waals surface area contributed by atoms with Crippen molar-refractivity contribution in [3.63, 3.8) is 0 Å². The molecule has 1 aromatic heterocycles. The predicted molar refractivity (Wildman–Crippen MR) is 109 cm³/mol. The first-order valence-corrected chi connectivity index (χ1v) is 9.63. The van der Waals surface area contributed by atoms with Crippen molar-refractivity contribution in [3.05, 3.63) is 75.7 Å². The van der Waals surface area contributed by atoms with Crippen molar-refractivity contribution >= 4 is 22.6 Å². The fourth-order valence-electron chi connectivity index (χ4n) is 3.46. The highest BCUT2D eigenvalue weighted by atomic mass is 16.2. The molecule has 0 bridgehead atoms. The van der Waals surface area contributed by atoms with Gasteiger partial charge in [-0.05, 0) is 36.6 Å². The Bertz CT molecular complexity index is 1120. The van der Waals surface area contributed by atoms with Gasteiger partial charge in [0.2, 0.25) is 5.91 Å². The normalized spacial score (nSPS) is 13.3. The number of amides is 2. The van der Waals surface area contributed by atoms with Gasteiger partial charge in [-0.25, -0.2) is 5.10 Å². The lowest BCUT2D eigenvalue weighted by Gasteiger charge is -2.23. The molecule has 0 radical (unpaired) electrons. The molecular weight excluding hydrogens is 368 g/mol. The Morgan fingerprint density at radius 2 is 1.79 bits per heavy atom. The van der Waals surface area contributed by atoms with Crippen molar-refractivity contribution in [3.8, 4) is 0 Å². The molecule has 2 amide bonds. The van der Waals surface area contributed by atoms with E-state index in [0.717, 1.165) is 18.4 Å². The van der Waals surface area contributed by atoms with Crippen molar-refractivity contribution in [2.75, 3.05) is 7.05 Å². The summed E-state index contributed by atoms with van der Waals surface area (Å²) in [6.07, 6.45) is 2.11. The molecular formula is C22H22N4O3. The van der Waals surface area contributed by atoms with Crippen molar-refractivity contribution in [2.24, 2.45) is 0 Å². The second-order valence-corrected chi connectivity index (χ2v) is 7.25. The summed E-state index contributed by atoms with van der Waals surface area (Å²) in [6, 6.07) is 14.7. The molecule has 148 valence electrons. The summed E-state index contributed by atoms with van der Waals surface area (Å²) in [5.41, 5.74) is 1.87. The highest BCUT2D eigenvalue weighted by Crippen LogP contribution is 2.29. The first kappa shape index (κ1) is 18.9. The van der Waals surface area contributed by atoms with Crippen LogP contribution in [0, 0.1) is 0 Å². The van der Waals surface area contributed by atoms with Crippen LogP contribution in [0.5, 0.6) is 0 Å². The van der Waals surface area contributed by atoms with Crippen LogP contribution in [0.2, 0.25) is 0 Å². The van der Waals surface area contributed by atoms with Crippen LogP contribution < -0.4 is 10.9 Å². The number of aromatic amines is 1. The van der Waals surface area contributed by atoms with Gasteiger partial charge in [-0.15, -0.1) is 0 Å². The third-order valence-electron chi connectivity index (χ3n) is 5.20. The zero-order chi connectivity index (χ0) is 20.4. The lowest BCUT2D eigenvalue weighted by atomic mass is 10.1. The second-order valence-electron chi connectivity index (χ2n) is 7.25. The van der Waals surface area contributed by atoms with Gasteiger partial charge in [0.1, 0.15) is 0 Å². The minimum Gasteiger partial charge on any atom is -0.355 e. The maximum atomic E-state index is 13.1. The molecule has 2 aromatic carbocycles. The van der Waals surface area contributed by atoms with Gasteiger partial charge < -0.3 is 10.2 Å². The fourth-order valence-corrected chi connectivity index (χ4v) is 3.46. The lowest BCUT2D eigenvalue weighted by Crippen LogP contribution is -2.34. The van der Waals surface area contributed by atoms with Gasteiger partial charge in [-0.2, -0.15) is 5.10 Å². The molecule has 0 unspecified atom stereocenters. The minimum atomic E-state index is -0.257. The average Bonchev–Trinajstić information content (AvgIpc) is 3.59. The maximum absolute atomic E-state index is 13.1. The molecule has 1 saturated carbocycles. The van der Waals surface area contributed by atoms with E-state index in [1.165, 1.54) is 0 Å². The number of aromatic nitrogens is 2. The van der Waals surface area contributed by atoms with Gasteiger partial charge in [0, 0.05) is 30.6 Å². The van der Waals surface area contributed by atoms with Crippen molar-refractivity contribution in [1.82, 2.24) is 20.4 Å². The Balaban J connectivity index is 1.54. The quantitative estimate of drug-likeness (QED) is 0.673. The molecule has 0 aliphatic heterocycles. The van der Waals surface area contributed by atoms with Crippen molar-refractivity contribution in [2.45, 2.75) is 31.8 Å². The topological polar surface area (TPSA) is 95.2 Å². The molecule has 3 aromatic rings. The maximum Gasteiger partial charge on any atom is 0.272 e. The van der Waals surface area contributed by atoms with Gasteiger partial charge >= 0.3 is 0 Å². The highest BCUT2D eigenvalue weighted by molar-refractivity contribution is 5.94. The number of fused-ring (bicyclic) bond motifs is 1. The summed E-state index contributed by atoms with van der Waals surface area (Å²) in [6.45, 7) is 0.485. The monoisotopic (exact) mass is 390 g/mol. The molecule has 1 aliphatic rings. The Morgan fingerprint density at radius 1 is 1.10 bits per heavy atom. The Morgan fingerprint density at radius 3 is 2.45 bits per heavy atom. The van der Waals surface area contributed by atoms with Gasteiger partial charge in [-0.3, -0.25) is 14.4 Å². The number of rotatable bonds is 6. The third-order valence-corrected chi connectivity index (χ3v) is 5.20. The number of hydrogen-bond acceptors (Lipinski definition) is 4. The molecule has 0 spiro atoms. The first-order chi connectivity index (χ1) is 14.1. The van der Waals surface area contributed by atoms with Crippen LogP contribution in [-0.4, -0.2) is 40.0 Å². The number of nitrogens with one attached hydrogen (secondary N) is 2. The van der Waals surface area contributed by atoms with Crippen LogP contribution in [0.3, 0.4) is 0 Å². The van der Waals surface area contributed by atoms with E-state index in [9.17, 15) is 14.4 Å². The van der Waals surface area contributed by atoms with Crippen LogP contribution >= 0.6 is 0 Å². The number of nitrogens with zero attached hydrogens (tertiary/aromatic N) is 2. The van der Waals surface area contributed by atoms with Crippen molar-refractivity contribution < 1.29 is 9.59 Å². The highest BCUT2D eigenvalue weighted by Gasteiger charge is 2.32. The van der Waals surface area contributed by atoms with E-state index in [0.29, 0.717) is 28.6 Å². The molecule has 7 nitrogen and oxygen atoms in total. The Hall–Kier alpha value is -3.48. The van der Waals surface area contributed by atoms with E-state index >= 15 is 0 Å².